The molecule has 1 aromatic heterocycles. The monoisotopic (exact) mass is 308 g/mol. The van der Waals surface area contributed by atoms with Crippen LogP contribution in [0.2, 0.25) is 0 Å². The summed E-state index contributed by atoms with van der Waals surface area (Å²) in [4.78, 5) is 3.91. The number of nitrogens with one attached hydrogen (secondary N) is 1. The molecular weight excluding hydrogens is 292 g/mol. The Morgan fingerprint density at radius 3 is 2.67 bits per heavy atom. The molecule has 0 aliphatic carbocycles. The van der Waals surface area contributed by atoms with E-state index in [0.29, 0.717) is 11.3 Å². The average Bonchev–Trinajstić information content (AvgIpc) is 2.46. The zero-order valence-electron chi connectivity index (χ0n) is 11.7. The highest BCUT2D eigenvalue weighted by Gasteiger charge is 2.20. The van der Waals surface area contributed by atoms with Crippen LogP contribution in [0.3, 0.4) is 0 Å². The quantitative estimate of drug-likeness (QED) is 0.877. The number of aliphatic hydroxyl groups excluding tert-OH is 1. The Hall–Kier alpha value is -2.12. The predicted molar refractivity (Wildman–Crippen MR) is 78.7 cm³/mol. The number of benzene rings is 1. The second-order valence-electron chi connectivity index (χ2n) is 4.50. The largest absolute Gasteiger partial charge is 0.495 e. The lowest BCUT2D eigenvalue weighted by Crippen LogP contribution is -2.14. The average molecular weight is 308 g/mol. The van der Waals surface area contributed by atoms with Crippen LogP contribution in [0.25, 0.3) is 0 Å². The zero-order valence-corrected chi connectivity index (χ0v) is 12.5. The van der Waals surface area contributed by atoms with Gasteiger partial charge < -0.3 is 9.84 Å². The third kappa shape index (κ3) is 3.50. The molecule has 2 N–H and O–H groups in total. The summed E-state index contributed by atoms with van der Waals surface area (Å²) in [6.07, 6.45) is 3.05. The smallest absolute Gasteiger partial charge is 0.265 e. The Morgan fingerprint density at radius 2 is 2.05 bits per heavy atom. The summed E-state index contributed by atoms with van der Waals surface area (Å²) in [5.74, 6) is 0.209. The van der Waals surface area contributed by atoms with Crippen LogP contribution in [-0.4, -0.2) is 25.6 Å². The SMILES string of the molecule is COc1ccc(CO)cc1S(=O)(=O)Nc1cncc(C)c1. The molecule has 1 aromatic carbocycles. The molecule has 0 unspecified atom stereocenters. The van der Waals surface area contributed by atoms with Crippen molar-refractivity contribution < 1.29 is 18.3 Å². The van der Waals surface area contributed by atoms with Crippen LogP contribution in [0.1, 0.15) is 11.1 Å². The second kappa shape index (κ2) is 6.11. The molecule has 2 rings (SSSR count). The third-order valence-electron chi connectivity index (χ3n) is 2.83. The van der Waals surface area contributed by atoms with E-state index in [4.69, 9.17) is 9.84 Å². The zero-order chi connectivity index (χ0) is 15.5. The lowest BCUT2D eigenvalue weighted by atomic mass is 10.2. The van der Waals surface area contributed by atoms with Crippen molar-refractivity contribution in [1.29, 1.82) is 0 Å². The van der Waals surface area contributed by atoms with Gasteiger partial charge in [-0.3, -0.25) is 9.71 Å². The Labute approximate surface area is 123 Å². The van der Waals surface area contributed by atoms with Gasteiger partial charge in [0.05, 0.1) is 25.6 Å². The number of hydrogen-bond donors (Lipinski definition) is 2. The summed E-state index contributed by atoms with van der Waals surface area (Å²) in [5.41, 5.74) is 1.69. The molecule has 0 bridgehead atoms. The molecular formula is C14H16N2O4S. The van der Waals surface area contributed by atoms with Gasteiger partial charge in [0.15, 0.2) is 0 Å². The summed E-state index contributed by atoms with van der Waals surface area (Å²) >= 11 is 0. The van der Waals surface area contributed by atoms with Crippen LogP contribution in [0.5, 0.6) is 5.75 Å². The van der Waals surface area contributed by atoms with Crippen molar-refractivity contribution in [3.05, 3.63) is 47.8 Å². The van der Waals surface area contributed by atoms with Crippen LogP contribution in [0.15, 0.2) is 41.6 Å². The Kier molecular flexibility index (Phi) is 4.44. The number of aliphatic hydroxyl groups is 1. The highest BCUT2D eigenvalue weighted by Crippen LogP contribution is 2.27. The van der Waals surface area contributed by atoms with Crippen molar-refractivity contribution in [2.45, 2.75) is 18.4 Å². The van der Waals surface area contributed by atoms with Crippen molar-refractivity contribution in [2.24, 2.45) is 0 Å². The molecule has 0 aliphatic rings. The van der Waals surface area contributed by atoms with Gasteiger partial charge in [0.2, 0.25) is 0 Å². The Morgan fingerprint density at radius 1 is 1.29 bits per heavy atom. The van der Waals surface area contributed by atoms with E-state index in [1.54, 1.807) is 18.3 Å². The number of anilines is 1. The van der Waals surface area contributed by atoms with Crippen LogP contribution in [0, 0.1) is 6.92 Å². The number of aryl methyl sites for hydroxylation is 1. The highest BCUT2D eigenvalue weighted by molar-refractivity contribution is 7.92. The Bertz CT molecular complexity index is 744. The van der Waals surface area contributed by atoms with E-state index in [0.717, 1.165) is 5.56 Å². The van der Waals surface area contributed by atoms with E-state index >= 15 is 0 Å². The van der Waals surface area contributed by atoms with Crippen molar-refractivity contribution in [3.63, 3.8) is 0 Å². The number of nitrogens with zero attached hydrogens (tertiary/aromatic N) is 1. The first-order valence-corrected chi connectivity index (χ1v) is 7.67. The van der Waals surface area contributed by atoms with Gasteiger partial charge in [-0.2, -0.15) is 0 Å². The van der Waals surface area contributed by atoms with Crippen molar-refractivity contribution in [1.82, 2.24) is 4.98 Å². The topological polar surface area (TPSA) is 88.5 Å². The van der Waals surface area contributed by atoms with Gasteiger partial charge in [0.25, 0.3) is 10.0 Å². The summed E-state index contributed by atoms with van der Waals surface area (Å²) in [7, 11) is -2.44. The van der Waals surface area contributed by atoms with E-state index in [1.807, 2.05) is 6.92 Å². The van der Waals surface area contributed by atoms with Gasteiger partial charge in [-0.1, -0.05) is 6.07 Å². The van der Waals surface area contributed by atoms with Gasteiger partial charge in [0.1, 0.15) is 10.6 Å². The van der Waals surface area contributed by atoms with Gasteiger partial charge in [-0.05, 0) is 36.2 Å². The molecule has 0 saturated heterocycles. The summed E-state index contributed by atoms with van der Waals surface area (Å²) in [6.45, 7) is 1.57. The first kappa shape index (κ1) is 15.3. The molecule has 0 radical (unpaired) electrons. The third-order valence-corrected chi connectivity index (χ3v) is 4.23. The standard InChI is InChI=1S/C14H16N2O4S/c1-10-5-12(8-15-7-10)16-21(18,19)14-6-11(9-17)3-4-13(14)20-2/h3-8,16-17H,9H2,1-2H3. The molecule has 0 saturated carbocycles. The van der Waals surface area contributed by atoms with Gasteiger partial charge >= 0.3 is 0 Å². The molecule has 0 amide bonds. The molecule has 21 heavy (non-hydrogen) atoms. The second-order valence-corrected chi connectivity index (χ2v) is 6.15. The lowest BCUT2D eigenvalue weighted by Gasteiger charge is -2.12. The Balaban J connectivity index is 2.43. The number of ether oxygens (including phenoxy) is 1. The lowest BCUT2D eigenvalue weighted by molar-refractivity contribution is 0.281. The van der Waals surface area contributed by atoms with Crippen LogP contribution < -0.4 is 9.46 Å². The summed E-state index contributed by atoms with van der Waals surface area (Å²) in [6, 6.07) is 6.16. The molecule has 2 aromatic rings. The minimum atomic E-state index is -3.83. The van der Waals surface area contributed by atoms with E-state index in [2.05, 4.69) is 9.71 Å². The molecule has 112 valence electrons. The first-order chi connectivity index (χ1) is 9.96. The van der Waals surface area contributed by atoms with Crippen LogP contribution in [-0.2, 0) is 16.6 Å². The van der Waals surface area contributed by atoms with E-state index in [9.17, 15) is 8.42 Å². The summed E-state index contributed by atoms with van der Waals surface area (Å²) in [5, 5.41) is 9.15. The van der Waals surface area contributed by atoms with Gasteiger partial charge in [0, 0.05) is 6.20 Å². The predicted octanol–water partition coefficient (Wildman–Crippen LogP) is 1.69. The molecule has 0 spiro atoms. The molecule has 0 atom stereocenters. The number of methoxy groups -OCH3 is 1. The number of rotatable bonds is 5. The molecule has 6 nitrogen and oxygen atoms in total. The fourth-order valence-electron chi connectivity index (χ4n) is 1.85. The van der Waals surface area contributed by atoms with Crippen LogP contribution in [0.4, 0.5) is 5.69 Å². The first-order valence-electron chi connectivity index (χ1n) is 6.18. The molecule has 7 heteroatoms. The van der Waals surface area contributed by atoms with E-state index in [1.165, 1.54) is 25.4 Å². The van der Waals surface area contributed by atoms with Gasteiger partial charge in [-0.15, -0.1) is 0 Å². The highest BCUT2D eigenvalue weighted by atomic mass is 32.2. The number of hydrogen-bond acceptors (Lipinski definition) is 5. The van der Waals surface area contributed by atoms with Crippen LogP contribution >= 0.6 is 0 Å². The maximum Gasteiger partial charge on any atom is 0.265 e. The maximum atomic E-state index is 12.5. The van der Waals surface area contributed by atoms with Crippen molar-refractivity contribution in [3.8, 4) is 5.75 Å². The van der Waals surface area contributed by atoms with Crippen molar-refractivity contribution in [2.75, 3.05) is 11.8 Å². The minimum Gasteiger partial charge on any atom is -0.495 e. The number of pyridine rings is 1. The van der Waals surface area contributed by atoms with Crippen molar-refractivity contribution >= 4 is 15.7 Å². The van der Waals surface area contributed by atoms with Gasteiger partial charge in [-0.25, -0.2) is 8.42 Å². The summed E-state index contributed by atoms with van der Waals surface area (Å²) < 4.78 is 32.4. The minimum absolute atomic E-state index is 0.0296. The van der Waals surface area contributed by atoms with E-state index in [-0.39, 0.29) is 17.3 Å². The fourth-order valence-corrected chi connectivity index (χ4v) is 3.11. The maximum absolute atomic E-state index is 12.5. The normalized spacial score (nSPS) is 11.2. The molecule has 1 heterocycles. The fraction of sp³-hybridized carbons (Fsp3) is 0.214. The molecule has 0 fully saturated rings. The number of aromatic nitrogens is 1. The number of sulfonamides is 1. The van der Waals surface area contributed by atoms with E-state index < -0.39 is 10.0 Å². The molecule has 0 aliphatic heterocycles.